The zero-order valence-electron chi connectivity index (χ0n) is 8.16. The highest BCUT2D eigenvalue weighted by Crippen LogP contribution is 2.04. The summed E-state index contributed by atoms with van der Waals surface area (Å²) in [6.07, 6.45) is 0.868. The zero-order valence-corrected chi connectivity index (χ0v) is 8.16. The lowest BCUT2D eigenvalue weighted by molar-refractivity contribution is 0.112. The molecule has 0 aromatic heterocycles. The van der Waals surface area contributed by atoms with Crippen molar-refractivity contribution >= 4 is 6.29 Å². The lowest BCUT2D eigenvalue weighted by Crippen LogP contribution is -2.16. The van der Waals surface area contributed by atoms with Gasteiger partial charge in [0.25, 0.3) is 0 Å². The summed E-state index contributed by atoms with van der Waals surface area (Å²) in [5, 5.41) is 0. The molecular weight excluding hydrogens is 162 g/mol. The third kappa shape index (κ3) is 2.99. The summed E-state index contributed by atoms with van der Waals surface area (Å²) in [4.78, 5) is 12.6. The molecule has 13 heavy (non-hydrogen) atoms. The second-order valence-corrected chi connectivity index (χ2v) is 3.19. The van der Waals surface area contributed by atoms with Crippen LogP contribution >= 0.6 is 0 Å². The molecule has 1 aromatic rings. The molecule has 0 aliphatic heterocycles. The predicted octanol–water partition coefficient (Wildman–Crippen LogP) is 1.95. The van der Waals surface area contributed by atoms with Gasteiger partial charge in [0.1, 0.15) is 6.29 Å². The summed E-state index contributed by atoms with van der Waals surface area (Å²) in [7, 11) is 2.08. The molecule has 0 N–H and O–H groups in total. The van der Waals surface area contributed by atoms with Gasteiger partial charge < -0.3 is 4.90 Å². The molecule has 0 spiro atoms. The number of benzene rings is 1. The molecule has 0 bridgehead atoms. The van der Waals surface area contributed by atoms with Crippen LogP contribution in [-0.4, -0.2) is 24.8 Å². The average Bonchev–Trinajstić information content (AvgIpc) is 2.19. The first-order chi connectivity index (χ1) is 6.26. The largest absolute Gasteiger partial charge is 0.302 e. The molecule has 70 valence electrons. The molecule has 2 nitrogen and oxygen atoms in total. The number of nitrogens with zero attached hydrogens (tertiary/aromatic N) is 1. The van der Waals surface area contributed by atoms with Crippen LogP contribution in [0.25, 0.3) is 0 Å². The van der Waals surface area contributed by atoms with Crippen LogP contribution in [0.15, 0.2) is 24.3 Å². The Kier molecular flexibility index (Phi) is 3.65. The number of hydrogen-bond acceptors (Lipinski definition) is 2. The van der Waals surface area contributed by atoms with E-state index in [1.165, 1.54) is 5.56 Å². The van der Waals surface area contributed by atoms with Crippen molar-refractivity contribution in [3.05, 3.63) is 35.4 Å². The topological polar surface area (TPSA) is 20.3 Å². The molecule has 0 saturated carbocycles. The summed E-state index contributed by atoms with van der Waals surface area (Å²) >= 11 is 0. The molecule has 0 aliphatic rings. The van der Waals surface area contributed by atoms with Crippen molar-refractivity contribution in [3.63, 3.8) is 0 Å². The minimum Gasteiger partial charge on any atom is -0.302 e. The fraction of sp³-hybridized carbons (Fsp3) is 0.364. The quantitative estimate of drug-likeness (QED) is 0.655. The summed E-state index contributed by atoms with van der Waals surface area (Å²) < 4.78 is 0. The molecule has 1 aromatic carbocycles. The first-order valence-corrected chi connectivity index (χ1v) is 4.49. The first kappa shape index (κ1) is 9.93. The Morgan fingerprint density at radius 1 is 1.31 bits per heavy atom. The van der Waals surface area contributed by atoms with E-state index in [9.17, 15) is 4.79 Å². The van der Waals surface area contributed by atoms with E-state index >= 15 is 0 Å². The number of carbonyl (C=O) groups excluding carboxylic acids is 1. The fourth-order valence-corrected chi connectivity index (χ4v) is 1.13. The van der Waals surface area contributed by atoms with E-state index in [0.717, 1.165) is 24.9 Å². The minimum absolute atomic E-state index is 0.739. The van der Waals surface area contributed by atoms with Crippen LogP contribution < -0.4 is 0 Å². The van der Waals surface area contributed by atoms with Crippen LogP contribution in [0.5, 0.6) is 0 Å². The smallest absolute Gasteiger partial charge is 0.150 e. The van der Waals surface area contributed by atoms with Crippen molar-refractivity contribution in [3.8, 4) is 0 Å². The summed E-state index contributed by atoms with van der Waals surface area (Å²) in [5.41, 5.74) is 1.98. The first-order valence-electron chi connectivity index (χ1n) is 4.49. The Morgan fingerprint density at radius 2 is 1.92 bits per heavy atom. The molecule has 0 saturated heterocycles. The number of hydrogen-bond donors (Lipinski definition) is 0. The van der Waals surface area contributed by atoms with Gasteiger partial charge in [-0.05, 0) is 19.2 Å². The van der Waals surface area contributed by atoms with Crippen molar-refractivity contribution in [2.75, 3.05) is 13.6 Å². The van der Waals surface area contributed by atoms with Crippen LogP contribution in [-0.2, 0) is 6.54 Å². The number of aldehydes is 1. The number of rotatable bonds is 4. The lowest BCUT2D eigenvalue weighted by Gasteiger charge is -2.13. The maximum Gasteiger partial charge on any atom is 0.150 e. The Balaban J connectivity index is 2.63. The van der Waals surface area contributed by atoms with Gasteiger partial charge >= 0.3 is 0 Å². The van der Waals surface area contributed by atoms with Crippen molar-refractivity contribution < 1.29 is 4.79 Å². The predicted molar refractivity (Wildman–Crippen MR) is 53.8 cm³/mol. The SMILES string of the molecule is CCN(C)Cc1ccc(C=O)cc1. The van der Waals surface area contributed by atoms with Crippen LogP contribution in [0.4, 0.5) is 0 Å². The third-order valence-electron chi connectivity index (χ3n) is 2.11. The van der Waals surface area contributed by atoms with Gasteiger partial charge in [-0.25, -0.2) is 0 Å². The zero-order chi connectivity index (χ0) is 9.68. The Hall–Kier alpha value is -1.15. The molecule has 0 fully saturated rings. The van der Waals surface area contributed by atoms with Crippen LogP contribution in [0, 0.1) is 0 Å². The normalized spacial score (nSPS) is 10.4. The highest BCUT2D eigenvalue weighted by Gasteiger charge is 1.97. The van der Waals surface area contributed by atoms with Crippen LogP contribution in [0.1, 0.15) is 22.8 Å². The molecule has 2 heteroatoms. The molecular formula is C11H15NO. The van der Waals surface area contributed by atoms with Gasteiger partial charge in [0.05, 0.1) is 0 Å². The second-order valence-electron chi connectivity index (χ2n) is 3.19. The standard InChI is InChI=1S/C11H15NO/c1-3-12(2)8-10-4-6-11(9-13)7-5-10/h4-7,9H,3,8H2,1-2H3. The van der Waals surface area contributed by atoms with Gasteiger partial charge in [0.15, 0.2) is 0 Å². The number of carbonyl (C=O) groups is 1. The average molecular weight is 177 g/mol. The highest BCUT2D eigenvalue weighted by molar-refractivity contribution is 5.74. The third-order valence-corrected chi connectivity index (χ3v) is 2.11. The van der Waals surface area contributed by atoms with Crippen LogP contribution in [0.2, 0.25) is 0 Å². The highest BCUT2D eigenvalue weighted by atomic mass is 16.1. The molecule has 0 heterocycles. The van der Waals surface area contributed by atoms with Crippen molar-refractivity contribution in [2.24, 2.45) is 0 Å². The lowest BCUT2D eigenvalue weighted by atomic mass is 10.1. The molecule has 0 unspecified atom stereocenters. The van der Waals surface area contributed by atoms with Crippen molar-refractivity contribution in [1.29, 1.82) is 0 Å². The molecule has 0 aliphatic carbocycles. The van der Waals surface area contributed by atoms with E-state index in [1.54, 1.807) is 0 Å². The van der Waals surface area contributed by atoms with Crippen molar-refractivity contribution in [2.45, 2.75) is 13.5 Å². The monoisotopic (exact) mass is 177 g/mol. The van der Waals surface area contributed by atoms with E-state index in [1.807, 2.05) is 24.3 Å². The van der Waals surface area contributed by atoms with Gasteiger partial charge in [0.2, 0.25) is 0 Å². The summed E-state index contributed by atoms with van der Waals surface area (Å²) in [6.45, 7) is 4.10. The van der Waals surface area contributed by atoms with Gasteiger partial charge in [-0.1, -0.05) is 31.2 Å². The second kappa shape index (κ2) is 4.77. The van der Waals surface area contributed by atoms with Gasteiger partial charge in [0, 0.05) is 12.1 Å². The maximum atomic E-state index is 10.4. The van der Waals surface area contributed by atoms with E-state index in [-0.39, 0.29) is 0 Å². The van der Waals surface area contributed by atoms with Gasteiger partial charge in [-0.15, -0.1) is 0 Å². The minimum atomic E-state index is 0.739. The summed E-state index contributed by atoms with van der Waals surface area (Å²) in [5.74, 6) is 0. The van der Waals surface area contributed by atoms with E-state index < -0.39 is 0 Å². The van der Waals surface area contributed by atoms with Gasteiger partial charge in [-0.2, -0.15) is 0 Å². The van der Waals surface area contributed by atoms with Crippen molar-refractivity contribution in [1.82, 2.24) is 4.90 Å². The Morgan fingerprint density at radius 3 is 2.38 bits per heavy atom. The van der Waals surface area contributed by atoms with E-state index in [4.69, 9.17) is 0 Å². The van der Waals surface area contributed by atoms with Crippen LogP contribution in [0.3, 0.4) is 0 Å². The maximum absolute atomic E-state index is 10.4. The van der Waals surface area contributed by atoms with E-state index in [2.05, 4.69) is 18.9 Å². The molecule has 1 rings (SSSR count). The fourth-order valence-electron chi connectivity index (χ4n) is 1.13. The van der Waals surface area contributed by atoms with Gasteiger partial charge in [-0.3, -0.25) is 4.79 Å². The molecule has 0 atom stereocenters. The molecule has 0 radical (unpaired) electrons. The Labute approximate surface area is 79.2 Å². The Bertz CT molecular complexity index is 266. The summed E-state index contributed by atoms with van der Waals surface area (Å²) in [6, 6.07) is 7.70. The van der Waals surface area contributed by atoms with E-state index in [0.29, 0.717) is 0 Å². The molecule has 0 amide bonds.